The van der Waals surface area contributed by atoms with Crippen molar-refractivity contribution in [1.29, 1.82) is 0 Å². The second kappa shape index (κ2) is 5.18. The maximum absolute atomic E-state index is 10.9. The van der Waals surface area contributed by atoms with Crippen LogP contribution in [0.2, 0.25) is 0 Å². The molecule has 0 atom stereocenters. The lowest BCUT2D eigenvalue weighted by molar-refractivity contribution is -0.108. The molecule has 1 fully saturated rings. The second-order valence-corrected chi connectivity index (χ2v) is 6.19. The Hall–Kier alpha value is 0.370. The van der Waals surface area contributed by atoms with Crippen molar-refractivity contribution in [3.05, 3.63) is 0 Å². The molecule has 1 aliphatic rings. The summed E-state index contributed by atoms with van der Waals surface area (Å²) in [5.74, 6) is 2.32. The molecule has 0 aromatic rings. The molecule has 0 aliphatic carbocycles. The third-order valence-corrected chi connectivity index (χ3v) is 5.31. The monoisotopic (exact) mass is 204 g/mol. The number of hydrogen-bond acceptors (Lipinski definition) is 3. The zero-order chi connectivity index (χ0) is 8.86. The van der Waals surface area contributed by atoms with Crippen LogP contribution in [0.1, 0.15) is 32.6 Å². The average molecular weight is 204 g/mol. The molecule has 1 nitrogen and oxygen atoms in total. The molecule has 0 N–H and O–H groups in total. The number of rotatable bonds is 4. The fraction of sp³-hybridized carbons (Fsp3) is 0.889. The van der Waals surface area contributed by atoms with Gasteiger partial charge in [-0.1, -0.05) is 19.8 Å². The van der Waals surface area contributed by atoms with Crippen LogP contribution < -0.4 is 0 Å². The zero-order valence-corrected chi connectivity index (χ0v) is 9.18. The van der Waals surface area contributed by atoms with E-state index in [2.05, 4.69) is 6.92 Å². The van der Waals surface area contributed by atoms with Crippen LogP contribution >= 0.6 is 23.5 Å². The van der Waals surface area contributed by atoms with Crippen molar-refractivity contribution in [3.8, 4) is 0 Å². The number of unbranched alkanes of at least 4 members (excludes halogenated alkanes) is 1. The van der Waals surface area contributed by atoms with Crippen molar-refractivity contribution in [3.63, 3.8) is 0 Å². The first-order chi connectivity index (χ1) is 5.83. The van der Waals surface area contributed by atoms with E-state index in [9.17, 15) is 4.79 Å². The molecule has 1 rings (SSSR count). The lowest BCUT2D eigenvalue weighted by atomic mass is 10.2. The highest BCUT2D eigenvalue weighted by molar-refractivity contribution is 8.19. The highest BCUT2D eigenvalue weighted by atomic mass is 32.2. The van der Waals surface area contributed by atoms with Crippen molar-refractivity contribution in [2.45, 2.75) is 36.7 Å². The third-order valence-electron chi connectivity index (χ3n) is 2.04. The minimum absolute atomic E-state index is 0.0751. The van der Waals surface area contributed by atoms with Gasteiger partial charge in [0.25, 0.3) is 0 Å². The molecule has 3 heteroatoms. The largest absolute Gasteiger partial charge is 0.301 e. The smallest absolute Gasteiger partial charge is 0.146 e. The number of thioether (sulfide) groups is 2. The minimum Gasteiger partial charge on any atom is -0.301 e. The molecule has 1 saturated heterocycles. The summed E-state index contributed by atoms with van der Waals surface area (Å²) < 4.78 is -0.0751. The van der Waals surface area contributed by atoms with Crippen LogP contribution in [-0.4, -0.2) is 21.9 Å². The Bertz CT molecular complexity index is 141. The van der Waals surface area contributed by atoms with Crippen molar-refractivity contribution in [2.24, 2.45) is 0 Å². The fourth-order valence-corrected chi connectivity index (χ4v) is 4.28. The Labute approximate surface area is 83.1 Å². The van der Waals surface area contributed by atoms with Gasteiger partial charge in [0.05, 0.1) is 0 Å². The molecular weight excluding hydrogens is 188 g/mol. The average Bonchev–Trinajstić information content (AvgIpc) is 2.16. The summed E-state index contributed by atoms with van der Waals surface area (Å²) in [4.78, 5) is 10.9. The summed E-state index contributed by atoms with van der Waals surface area (Å²) in [5.41, 5.74) is 0. The quantitative estimate of drug-likeness (QED) is 0.655. The highest BCUT2D eigenvalue weighted by Gasteiger charge is 2.32. The summed E-state index contributed by atoms with van der Waals surface area (Å²) in [6.45, 7) is 2.18. The molecule has 0 bridgehead atoms. The van der Waals surface area contributed by atoms with Crippen LogP contribution in [0.5, 0.6) is 0 Å². The van der Waals surface area contributed by atoms with E-state index in [4.69, 9.17) is 0 Å². The van der Waals surface area contributed by atoms with Gasteiger partial charge in [-0.25, -0.2) is 0 Å². The lowest BCUT2D eigenvalue weighted by Crippen LogP contribution is -2.26. The van der Waals surface area contributed by atoms with Gasteiger partial charge in [0, 0.05) is 0 Å². The van der Waals surface area contributed by atoms with E-state index < -0.39 is 0 Å². The van der Waals surface area contributed by atoms with Gasteiger partial charge < -0.3 is 4.79 Å². The van der Waals surface area contributed by atoms with Crippen molar-refractivity contribution in [1.82, 2.24) is 0 Å². The van der Waals surface area contributed by atoms with Crippen LogP contribution in [0.4, 0.5) is 0 Å². The van der Waals surface area contributed by atoms with Gasteiger partial charge in [-0.15, -0.1) is 23.5 Å². The first-order valence-electron chi connectivity index (χ1n) is 4.57. The highest BCUT2D eigenvalue weighted by Crippen LogP contribution is 2.43. The van der Waals surface area contributed by atoms with Crippen LogP contribution in [0.25, 0.3) is 0 Å². The number of hydrogen-bond donors (Lipinski definition) is 0. The topological polar surface area (TPSA) is 17.1 Å². The second-order valence-electron chi connectivity index (χ2n) is 3.08. The van der Waals surface area contributed by atoms with E-state index in [-0.39, 0.29) is 4.08 Å². The number of aldehydes is 1. The fourth-order valence-electron chi connectivity index (χ4n) is 1.28. The van der Waals surface area contributed by atoms with Crippen LogP contribution in [-0.2, 0) is 4.79 Å². The maximum atomic E-state index is 10.9. The first kappa shape index (κ1) is 10.5. The van der Waals surface area contributed by atoms with Crippen LogP contribution in [0.15, 0.2) is 0 Å². The Balaban J connectivity index is 2.42. The summed E-state index contributed by atoms with van der Waals surface area (Å²) >= 11 is 3.69. The van der Waals surface area contributed by atoms with Crippen LogP contribution in [0.3, 0.4) is 0 Å². The van der Waals surface area contributed by atoms with E-state index in [0.717, 1.165) is 24.2 Å². The molecule has 12 heavy (non-hydrogen) atoms. The summed E-state index contributed by atoms with van der Waals surface area (Å²) in [6, 6.07) is 0. The van der Waals surface area contributed by atoms with Crippen LogP contribution in [0, 0.1) is 0 Å². The maximum Gasteiger partial charge on any atom is 0.146 e. The van der Waals surface area contributed by atoms with E-state index in [1.165, 1.54) is 19.3 Å². The molecule has 0 unspecified atom stereocenters. The van der Waals surface area contributed by atoms with E-state index >= 15 is 0 Å². The molecule has 0 radical (unpaired) electrons. The molecule has 1 aliphatic heterocycles. The first-order valence-corrected chi connectivity index (χ1v) is 6.54. The third kappa shape index (κ3) is 2.70. The number of carbonyl (C=O) groups excluding carboxylic acids is 1. The van der Waals surface area contributed by atoms with Gasteiger partial charge in [-0.3, -0.25) is 0 Å². The van der Waals surface area contributed by atoms with E-state index in [1.807, 2.05) is 23.5 Å². The van der Waals surface area contributed by atoms with Gasteiger partial charge in [0.15, 0.2) is 0 Å². The molecule has 0 aromatic carbocycles. The SMILES string of the molecule is CCCCC1(C=O)SCCCS1. The van der Waals surface area contributed by atoms with Gasteiger partial charge in [0.2, 0.25) is 0 Å². The molecular formula is C9H16OS2. The zero-order valence-electron chi connectivity index (χ0n) is 7.54. The molecule has 0 spiro atoms. The summed E-state index contributed by atoms with van der Waals surface area (Å²) in [6.07, 6.45) is 5.85. The standard InChI is InChI=1S/C9H16OS2/c1-2-3-5-9(8-10)11-6-4-7-12-9/h8H,2-7H2,1H3. The molecule has 0 saturated carbocycles. The Morgan fingerprint density at radius 1 is 1.42 bits per heavy atom. The Morgan fingerprint density at radius 2 is 2.08 bits per heavy atom. The molecule has 1 heterocycles. The molecule has 70 valence electrons. The summed E-state index contributed by atoms with van der Waals surface area (Å²) in [7, 11) is 0. The van der Waals surface area contributed by atoms with Gasteiger partial charge in [0.1, 0.15) is 10.4 Å². The van der Waals surface area contributed by atoms with Crippen molar-refractivity contribution in [2.75, 3.05) is 11.5 Å². The Kier molecular flexibility index (Phi) is 4.51. The molecule has 0 aromatic heterocycles. The lowest BCUT2D eigenvalue weighted by Gasteiger charge is -2.30. The predicted molar refractivity (Wildman–Crippen MR) is 57.9 cm³/mol. The summed E-state index contributed by atoms with van der Waals surface area (Å²) in [5, 5.41) is 0. The predicted octanol–water partition coefficient (Wildman–Crippen LogP) is 2.94. The number of carbonyl (C=O) groups is 1. The van der Waals surface area contributed by atoms with E-state index in [0.29, 0.717) is 0 Å². The van der Waals surface area contributed by atoms with Crippen molar-refractivity contribution >= 4 is 29.8 Å². The normalized spacial score (nSPS) is 22.1. The van der Waals surface area contributed by atoms with Gasteiger partial charge in [-0.2, -0.15) is 0 Å². The van der Waals surface area contributed by atoms with Crippen molar-refractivity contribution < 1.29 is 4.79 Å². The van der Waals surface area contributed by atoms with Gasteiger partial charge >= 0.3 is 0 Å². The molecule has 0 amide bonds. The van der Waals surface area contributed by atoms with Gasteiger partial charge in [-0.05, 0) is 24.3 Å². The Morgan fingerprint density at radius 3 is 2.58 bits per heavy atom. The van der Waals surface area contributed by atoms with E-state index in [1.54, 1.807) is 0 Å². The minimum atomic E-state index is -0.0751.